The summed E-state index contributed by atoms with van der Waals surface area (Å²) in [5, 5.41) is 3.63. The van der Waals surface area contributed by atoms with Crippen molar-refractivity contribution in [1.82, 2.24) is 9.88 Å². The van der Waals surface area contributed by atoms with Gasteiger partial charge in [-0.2, -0.15) is 0 Å². The first kappa shape index (κ1) is 18.0. The van der Waals surface area contributed by atoms with Gasteiger partial charge in [-0.3, -0.25) is 4.79 Å². The van der Waals surface area contributed by atoms with E-state index >= 15 is 4.39 Å². The smallest absolute Gasteiger partial charge is 0.343 e. The fourth-order valence-electron chi connectivity index (χ4n) is 3.94. The third kappa shape index (κ3) is 3.00. The molecule has 0 radical (unpaired) electrons. The summed E-state index contributed by atoms with van der Waals surface area (Å²) in [6, 6.07) is 2.27. The van der Waals surface area contributed by atoms with Crippen molar-refractivity contribution >= 4 is 22.6 Å². The largest absolute Gasteiger partial charge is 0.465 e. The first-order valence-electron chi connectivity index (χ1n) is 9.37. The van der Waals surface area contributed by atoms with E-state index in [0.29, 0.717) is 29.9 Å². The van der Waals surface area contributed by atoms with Gasteiger partial charge in [-0.05, 0) is 32.8 Å². The average Bonchev–Trinajstić information content (AvgIpc) is 3.49. The maximum atomic E-state index is 15.3. The lowest BCUT2D eigenvalue weighted by Gasteiger charge is -2.34. The van der Waals surface area contributed by atoms with Gasteiger partial charge in [-0.25, -0.2) is 9.18 Å². The van der Waals surface area contributed by atoms with Crippen molar-refractivity contribution in [1.29, 1.82) is 0 Å². The molecule has 1 aromatic heterocycles. The number of esters is 1. The summed E-state index contributed by atoms with van der Waals surface area (Å²) >= 11 is 0. The van der Waals surface area contributed by atoms with Crippen molar-refractivity contribution in [2.75, 3.05) is 31.6 Å². The van der Waals surface area contributed by atoms with Crippen LogP contribution in [0.2, 0.25) is 0 Å². The van der Waals surface area contributed by atoms with Gasteiger partial charge < -0.3 is 19.5 Å². The number of nitrogens with one attached hydrogen (secondary N) is 1. The average molecular weight is 373 g/mol. The van der Waals surface area contributed by atoms with Crippen LogP contribution in [0, 0.1) is 12.7 Å². The van der Waals surface area contributed by atoms with Gasteiger partial charge in [0.1, 0.15) is 11.4 Å². The number of anilines is 1. The van der Waals surface area contributed by atoms with Gasteiger partial charge in [0.25, 0.3) is 0 Å². The number of aromatic nitrogens is 1. The van der Waals surface area contributed by atoms with Crippen LogP contribution >= 0.6 is 0 Å². The van der Waals surface area contributed by atoms with E-state index in [0.717, 1.165) is 19.4 Å². The van der Waals surface area contributed by atoms with Crippen LogP contribution < -0.4 is 15.6 Å². The third-order valence-corrected chi connectivity index (χ3v) is 5.53. The molecule has 0 amide bonds. The molecule has 1 saturated heterocycles. The number of benzene rings is 1. The maximum absolute atomic E-state index is 15.3. The summed E-state index contributed by atoms with van der Waals surface area (Å²) in [7, 11) is 1.25. The Labute approximate surface area is 156 Å². The molecule has 2 aromatic rings. The first-order valence-corrected chi connectivity index (χ1v) is 9.37. The Morgan fingerprint density at radius 1 is 1.37 bits per heavy atom. The number of nitrogens with zero attached hydrogens (tertiary/aromatic N) is 2. The number of piperazine rings is 1. The molecule has 1 atom stereocenters. The number of pyridine rings is 1. The Morgan fingerprint density at radius 3 is 2.74 bits per heavy atom. The van der Waals surface area contributed by atoms with Crippen LogP contribution in [0.5, 0.6) is 0 Å². The zero-order chi connectivity index (χ0) is 19.3. The van der Waals surface area contributed by atoms with Crippen LogP contribution in [0.25, 0.3) is 10.9 Å². The molecule has 1 N–H and O–H groups in total. The summed E-state index contributed by atoms with van der Waals surface area (Å²) in [6.45, 7) is 5.89. The van der Waals surface area contributed by atoms with E-state index < -0.39 is 17.2 Å². The van der Waals surface area contributed by atoms with Gasteiger partial charge in [0.2, 0.25) is 5.43 Å². The minimum atomic E-state index is -0.684. The molecule has 27 heavy (non-hydrogen) atoms. The second kappa shape index (κ2) is 6.64. The van der Waals surface area contributed by atoms with Gasteiger partial charge >= 0.3 is 5.97 Å². The molecule has 144 valence electrons. The first-order chi connectivity index (χ1) is 12.9. The molecule has 2 aliphatic rings. The molecule has 1 unspecified atom stereocenters. The van der Waals surface area contributed by atoms with Gasteiger partial charge in [0.05, 0.1) is 23.7 Å². The predicted molar refractivity (Wildman–Crippen MR) is 102 cm³/mol. The molecule has 0 spiro atoms. The van der Waals surface area contributed by atoms with Crippen molar-refractivity contribution in [3.63, 3.8) is 0 Å². The number of halogens is 1. The quantitative estimate of drug-likeness (QED) is 0.837. The number of hydrogen-bond acceptors (Lipinski definition) is 5. The van der Waals surface area contributed by atoms with E-state index in [1.165, 1.54) is 7.11 Å². The Morgan fingerprint density at radius 2 is 2.11 bits per heavy atom. The lowest BCUT2D eigenvalue weighted by molar-refractivity contribution is 0.0598. The van der Waals surface area contributed by atoms with Crippen molar-refractivity contribution in [3.05, 3.63) is 39.4 Å². The minimum absolute atomic E-state index is 0.0389. The maximum Gasteiger partial charge on any atom is 0.343 e. The number of carbonyl (C=O) groups excluding carboxylic acids is 1. The highest BCUT2D eigenvalue weighted by atomic mass is 19.1. The number of hydrogen-bond donors (Lipinski definition) is 1. The number of rotatable bonds is 3. The van der Waals surface area contributed by atoms with E-state index in [4.69, 9.17) is 4.74 Å². The van der Waals surface area contributed by atoms with Crippen LogP contribution in [-0.2, 0) is 4.74 Å². The molecule has 2 fully saturated rings. The number of ether oxygens (including phenoxy) is 1. The number of carbonyl (C=O) groups is 1. The molecule has 7 heteroatoms. The SMILES string of the molecule is COC(=O)c1cn(C2CC2)c2cc(N3CCNC(C)C3)c(F)c(C)c2c1=O. The predicted octanol–water partition coefficient (Wildman–Crippen LogP) is 2.37. The molecule has 1 saturated carbocycles. The van der Waals surface area contributed by atoms with Gasteiger partial charge in [-0.1, -0.05) is 0 Å². The van der Waals surface area contributed by atoms with Gasteiger partial charge in [0, 0.05) is 43.5 Å². The normalized spacial score (nSPS) is 20.1. The van der Waals surface area contributed by atoms with Crippen LogP contribution in [0.15, 0.2) is 17.1 Å². The highest BCUT2D eigenvalue weighted by Crippen LogP contribution is 2.39. The van der Waals surface area contributed by atoms with Crippen LogP contribution in [0.3, 0.4) is 0 Å². The lowest BCUT2D eigenvalue weighted by Crippen LogP contribution is -2.49. The zero-order valence-corrected chi connectivity index (χ0v) is 15.8. The number of aryl methyl sites for hydroxylation is 1. The molecule has 1 aliphatic carbocycles. The van der Waals surface area contributed by atoms with Gasteiger partial charge in [-0.15, -0.1) is 0 Å². The van der Waals surface area contributed by atoms with Crippen LogP contribution in [0.1, 0.15) is 41.7 Å². The Kier molecular flexibility index (Phi) is 4.42. The third-order valence-electron chi connectivity index (χ3n) is 5.53. The highest BCUT2D eigenvalue weighted by molar-refractivity contribution is 5.96. The topological polar surface area (TPSA) is 63.6 Å². The summed E-state index contributed by atoms with van der Waals surface area (Å²) < 4.78 is 22.0. The lowest BCUT2D eigenvalue weighted by atomic mass is 10.0. The molecule has 6 nitrogen and oxygen atoms in total. The van der Waals surface area contributed by atoms with Crippen LogP contribution in [0.4, 0.5) is 10.1 Å². The van der Waals surface area contributed by atoms with E-state index in [1.807, 2.05) is 9.47 Å². The van der Waals surface area contributed by atoms with Crippen molar-refractivity contribution in [2.45, 2.75) is 38.8 Å². The number of fused-ring (bicyclic) bond motifs is 1. The van der Waals surface area contributed by atoms with Crippen molar-refractivity contribution in [3.8, 4) is 0 Å². The fourth-order valence-corrected chi connectivity index (χ4v) is 3.94. The number of methoxy groups -OCH3 is 1. The van der Waals surface area contributed by atoms with E-state index in [9.17, 15) is 9.59 Å². The molecular weight excluding hydrogens is 349 g/mol. The summed E-state index contributed by atoms with van der Waals surface area (Å²) in [4.78, 5) is 27.0. The Hall–Kier alpha value is -2.41. The molecular formula is C20H24FN3O3. The van der Waals surface area contributed by atoms with Crippen molar-refractivity contribution < 1.29 is 13.9 Å². The second-order valence-corrected chi connectivity index (χ2v) is 7.53. The summed E-state index contributed by atoms with van der Waals surface area (Å²) in [5.74, 6) is -1.07. The van der Waals surface area contributed by atoms with E-state index in [2.05, 4.69) is 12.2 Å². The highest BCUT2D eigenvalue weighted by Gasteiger charge is 2.30. The second-order valence-electron chi connectivity index (χ2n) is 7.53. The van der Waals surface area contributed by atoms with Crippen LogP contribution in [-0.4, -0.2) is 43.3 Å². The van der Waals surface area contributed by atoms with Gasteiger partial charge in [0.15, 0.2) is 0 Å². The van der Waals surface area contributed by atoms with E-state index in [-0.39, 0.29) is 23.0 Å². The monoisotopic (exact) mass is 373 g/mol. The Bertz CT molecular complexity index is 981. The van der Waals surface area contributed by atoms with E-state index in [1.54, 1.807) is 19.2 Å². The molecule has 0 bridgehead atoms. The Balaban J connectivity index is 1.98. The summed E-state index contributed by atoms with van der Waals surface area (Å²) in [5.41, 5.74) is 0.996. The molecule has 4 rings (SSSR count). The molecule has 1 aromatic carbocycles. The standard InChI is InChI=1S/C20H24FN3O3/c1-11-9-23(7-6-22-11)16-8-15-17(12(2)18(16)21)19(25)14(20(26)27-3)10-24(15)13-4-5-13/h8,10-11,13,22H,4-7,9H2,1-3H3. The minimum Gasteiger partial charge on any atom is -0.465 e. The summed E-state index contributed by atoms with van der Waals surface area (Å²) in [6.07, 6.45) is 3.54. The zero-order valence-electron chi connectivity index (χ0n) is 15.8. The van der Waals surface area contributed by atoms with Crippen molar-refractivity contribution in [2.24, 2.45) is 0 Å². The molecule has 2 heterocycles. The molecule has 1 aliphatic heterocycles. The fraction of sp³-hybridized carbons (Fsp3) is 0.500.